The maximum absolute atomic E-state index is 8.68. The molecule has 1 rings (SSSR count). The van der Waals surface area contributed by atoms with Crippen LogP contribution in [0.1, 0.15) is 69.8 Å². The zero-order chi connectivity index (χ0) is 16.4. The molecule has 0 spiro atoms. The molecule has 0 aliphatic heterocycles. The second kappa shape index (κ2) is 15.9. The van der Waals surface area contributed by atoms with Gasteiger partial charge in [0, 0.05) is 30.1 Å². The number of thioether (sulfide) groups is 1. The molecule has 128 valence electrons. The van der Waals surface area contributed by atoms with Gasteiger partial charge < -0.3 is 5.11 Å². The molecule has 1 aromatic rings. The van der Waals surface area contributed by atoms with Crippen LogP contribution in [-0.4, -0.2) is 28.2 Å². The average molecular weight is 334 g/mol. The first-order chi connectivity index (χ1) is 11.4. The van der Waals surface area contributed by atoms with E-state index in [1.165, 1.54) is 63.5 Å². The van der Waals surface area contributed by atoms with Crippen LogP contribution in [0.4, 0.5) is 0 Å². The summed E-state index contributed by atoms with van der Waals surface area (Å²) in [6.07, 6.45) is 16.6. The predicted molar refractivity (Wildman–Crippen MR) is 102 cm³/mol. The summed E-state index contributed by atoms with van der Waals surface area (Å²) in [5.74, 6) is 8.50. The van der Waals surface area contributed by atoms with Crippen LogP contribution in [0, 0.1) is 11.8 Å². The van der Waals surface area contributed by atoms with Crippen molar-refractivity contribution in [2.75, 3.05) is 18.1 Å². The summed E-state index contributed by atoms with van der Waals surface area (Å²) in [4.78, 5) is 4.06. The van der Waals surface area contributed by atoms with Gasteiger partial charge in [-0.25, -0.2) is 0 Å². The summed E-state index contributed by atoms with van der Waals surface area (Å²) in [5.41, 5.74) is 1.02. The zero-order valence-corrected chi connectivity index (χ0v) is 15.1. The summed E-state index contributed by atoms with van der Waals surface area (Å²) < 4.78 is 0. The van der Waals surface area contributed by atoms with Crippen LogP contribution in [-0.2, 0) is 0 Å². The van der Waals surface area contributed by atoms with E-state index in [-0.39, 0.29) is 0 Å². The Bertz CT molecular complexity index is 424. The Morgan fingerprint density at radius 2 is 1.61 bits per heavy atom. The smallest absolute Gasteiger partial charge is 0.0521 e. The highest BCUT2D eigenvalue weighted by Gasteiger charge is 1.93. The molecule has 1 heterocycles. The first kappa shape index (κ1) is 20.1. The Labute approximate surface area is 146 Å². The fraction of sp³-hybridized carbons (Fsp3) is 0.650. The molecule has 0 saturated carbocycles. The number of hydrogen-bond donors (Lipinski definition) is 1. The number of aromatic nitrogens is 1. The highest BCUT2D eigenvalue weighted by Crippen LogP contribution is 2.12. The Kier molecular flexibility index (Phi) is 13.9. The van der Waals surface area contributed by atoms with Crippen molar-refractivity contribution in [3.63, 3.8) is 0 Å². The molecule has 0 radical (unpaired) electrons. The van der Waals surface area contributed by atoms with Gasteiger partial charge in [0.25, 0.3) is 0 Å². The SMILES string of the molecule is OCCSCCCCCCCCCCCC#Cc1cccnc1. The Morgan fingerprint density at radius 3 is 2.26 bits per heavy atom. The number of pyridine rings is 1. The van der Waals surface area contributed by atoms with Gasteiger partial charge in [0.05, 0.1) is 6.61 Å². The molecule has 0 aromatic carbocycles. The second-order valence-corrected chi connectivity index (χ2v) is 7.04. The molecule has 0 aliphatic carbocycles. The van der Waals surface area contributed by atoms with Crippen LogP contribution in [0.25, 0.3) is 0 Å². The molecule has 0 aliphatic rings. The number of rotatable bonds is 13. The number of aliphatic hydroxyl groups excluding tert-OH is 1. The molecular formula is C20H31NOS. The summed E-state index contributed by atoms with van der Waals surface area (Å²) in [5, 5.41) is 8.68. The van der Waals surface area contributed by atoms with E-state index in [4.69, 9.17) is 5.11 Å². The first-order valence-electron chi connectivity index (χ1n) is 9.01. The number of hydrogen-bond acceptors (Lipinski definition) is 3. The second-order valence-electron chi connectivity index (χ2n) is 5.81. The molecule has 0 fully saturated rings. The summed E-state index contributed by atoms with van der Waals surface area (Å²) in [6, 6.07) is 3.93. The van der Waals surface area contributed by atoms with Crippen molar-refractivity contribution in [3.05, 3.63) is 30.1 Å². The molecule has 0 atom stereocenters. The lowest BCUT2D eigenvalue weighted by Gasteiger charge is -2.02. The Hall–Kier alpha value is -0.980. The van der Waals surface area contributed by atoms with Gasteiger partial charge in [-0.3, -0.25) is 4.98 Å². The number of unbranched alkanes of at least 4 members (excludes halogenated alkanes) is 9. The van der Waals surface area contributed by atoms with E-state index in [1.54, 1.807) is 6.20 Å². The maximum atomic E-state index is 8.68. The van der Waals surface area contributed by atoms with Crippen molar-refractivity contribution >= 4 is 11.8 Å². The molecule has 0 amide bonds. The summed E-state index contributed by atoms with van der Waals surface area (Å²) in [7, 11) is 0. The van der Waals surface area contributed by atoms with Crippen LogP contribution in [0.3, 0.4) is 0 Å². The highest BCUT2D eigenvalue weighted by atomic mass is 32.2. The molecule has 0 unspecified atom stereocenters. The van der Waals surface area contributed by atoms with E-state index in [0.29, 0.717) is 6.61 Å². The van der Waals surface area contributed by atoms with E-state index in [0.717, 1.165) is 17.7 Å². The molecule has 2 nitrogen and oxygen atoms in total. The van der Waals surface area contributed by atoms with Gasteiger partial charge in [-0.05, 0) is 30.7 Å². The Morgan fingerprint density at radius 1 is 0.913 bits per heavy atom. The van der Waals surface area contributed by atoms with E-state index in [9.17, 15) is 0 Å². The van der Waals surface area contributed by atoms with Gasteiger partial charge in [-0.2, -0.15) is 11.8 Å². The standard InChI is InChI=1S/C20H31NOS/c22-16-18-23-17-11-9-7-5-3-1-2-4-6-8-10-13-20-14-12-15-21-19-20/h12,14-15,19,22H,1-9,11,16-18H2. The van der Waals surface area contributed by atoms with Crippen molar-refractivity contribution in [2.24, 2.45) is 0 Å². The van der Waals surface area contributed by atoms with Gasteiger partial charge in [0.15, 0.2) is 0 Å². The van der Waals surface area contributed by atoms with Crippen molar-refractivity contribution < 1.29 is 5.11 Å². The van der Waals surface area contributed by atoms with Crippen LogP contribution in [0.5, 0.6) is 0 Å². The average Bonchev–Trinajstić information content (AvgIpc) is 2.59. The van der Waals surface area contributed by atoms with Gasteiger partial charge in [0.2, 0.25) is 0 Å². The van der Waals surface area contributed by atoms with E-state index in [1.807, 2.05) is 30.1 Å². The fourth-order valence-electron chi connectivity index (χ4n) is 2.42. The molecular weight excluding hydrogens is 302 g/mol. The van der Waals surface area contributed by atoms with Gasteiger partial charge >= 0.3 is 0 Å². The van der Waals surface area contributed by atoms with Crippen molar-refractivity contribution in [1.82, 2.24) is 4.98 Å². The minimum Gasteiger partial charge on any atom is -0.396 e. The minimum atomic E-state index is 0.319. The summed E-state index contributed by atoms with van der Waals surface area (Å²) in [6.45, 7) is 0.319. The van der Waals surface area contributed by atoms with Crippen molar-refractivity contribution in [1.29, 1.82) is 0 Å². The van der Waals surface area contributed by atoms with Crippen LogP contribution in [0.15, 0.2) is 24.5 Å². The summed E-state index contributed by atoms with van der Waals surface area (Å²) >= 11 is 1.87. The first-order valence-corrected chi connectivity index (χ1v) is 10.2. The zero-order valence-electron chi connectivity index (χ0n) is 14.3. The van der Waals surface area contributed by atoms with Crippen molar-refractivity contribution in [2.45, 2.75) is 64.2 Å². The van der Waals surface area contributed by atoms with Crippen molar-refractivity contribution in [3.8, 4) is 11.8 Å². The number of nitrogens with zero attached hydrogens (tertiary/aromatic N) is 1. The quantitative estimate of drug-likeness (QED) is 0.404. The van der Waals surface area contributed by atoms with E-state index in [2.05, 4.69) is 16.8 Å². The normalized spacial score (nSPS) is 10.3. The molecule has 0 bridgehead atoms. The van der Waals surface area contributed by atoms with Crippen LogP contribution >= 0.6 is 11.8 Å². The third-order valence-corrected chi connectivity index (χ3v) is 4.77. The molecule has 0 saturated heterocycles. The monoisotopic (exact) mass is 333 g/mol. The van der Waals surface area contributed by atoms with Crippen LogP contribution < -0.4 is 0 Å². The van der Waals surface area contributed by atoms with Gasteiger partial charge in [-0.15, -0.1) is 0 Å². The Balaban J connectivity index is 1.79. The van der Waals surface area contributed by atoms with Crippen LogP contribution in [0.2, 0.25) is 0 Å². The predicted octanol–water partition coefficient (Wildman–Crippen LogP) is 5.06. The molecule has 1 aromatic heterocycles. The van der Waals surface area contributed by atoms with E-state index < -0.39 is 0 Å². The molecule has 1 N–H and O–H groups in total. The van der Waals surface area contributed by atoms with Gasteiger partial charge in [-0.1, -0.05) is 56.8 Å². The van der Waals surface area contributed by atoms with E-state index >= 15 is 0 Å². The third-order valence-electron chi connectivity index (χ3n) is 3.72. The fourth-order valence-corrected chi connectivity index (χ4v) is 3.16. The minimum absolute atomic E-state index is 0.319. The largest absolute Gasteiger partial charge is 0.396 e. The molecule has 3 heteroatoms. The number of aliphatic hydroxyl groups is 1. The lowest BCUT2D eigenvalue weighted by atomic mass is 10.1. The maximum Gasteiger partial charge on any atom is 0.0521 e. The molecule has 23 heavy (non-hydrogen) atoms. The lowest BCUT2D eigenvalue weighted by molar-refractivity contribution is 0.322. The lowest BCUT2D eigenvalue weighted by Crippen LogP contribution is -1.89. The highest BCUT2D eigenvalue weighted by molar-refractivity contribution is 7.99. The van der Waals surface area contributed by atoms with Gasteiger partial charge in [0.1, 0.15) is 0 Å². The topological polar surface area (TPSA) is 33.1 Å². The third kappa shape index (κ3) is 13.2.